The van der Waals surface area contributed by atoms with Gasteiger partial charge in [0.2, 0.25) is 0 Å². The van der Waals surface area contributed by atoms with Gasteiger partial charge in [0.05, 0.1) is 23.1 Å². The van der Waals surface area contributed by atoms with Gasteiger partial charge in [0.25, 0.3) is 5.69 Å². The molecular formula is C18H18N2O7. The first-order valence-corrected chi connectivity index (χ1v) is 8.24. The number of hydrogen-bond donors (Lipinski definition) is 3. The monoisotopic (exact) mass is 374 g/mol. The molecule has 0 amide bonds. The molecule has 1 unspecified atom stereocenters. The quantitative estimate of drug-likeness (QED) is 0.376. The van der Waals surface area contributed by atoms with Crippen molar-refractivity contribution >= 4 is 12.0 Å². The highest BCUT2D eigenvalue weighted by molar-refractivity contribution is 5.68. The third-order valence-corrected chi connectivity index (χ3v) is 4.61. The summed E-state index contributed by atoms with van der Waals surface area (Å²) in [7, 11) is 0. The molecule has 3 rings (SSSR count). The molecule has 1 aliphatic rings. The van der Waals surface area contributed by atoms with Gasteiger partial charge in [-0.25, -0.2) is 0 Å². The van der Waals surface area contributed by atoms with Crippen molar-refractivity contribution in [2.75, 3.05) is 6.61 Å². The summed E-state index contributed by atoms with van der Waals surface area (Å²) in [5.74, 6) is -0.844. The fraction of sp³-hybridized carbons (Fsp3) is 0.333. The zero-order valence-electron chi connectivity index (χ0n) is 14.1. The number of aliphatic hydroxyl groups is 3. The van der Waals surface area contributed by atoms with E-state index in [4.69, 9.17) is 4.74 Å². The van der Waals surface area contributed by atoms with Crippen molar-refractivity contribution in [2.45, 2.75) is 30.3 Å². The van der Waals surface area contributed by atoms with Crippen LogP contribution in [-0.4, -0.2) is 56.4 Å². The molecule has 3 N–H and O–H groups in total. The molecular weight excluding hydrogens is 356 g/mol. The molecule has 9 heteroatoms. The smallest absolute Gasteiger partial charge is 0.269 e. The molecule has 2 heterocycles. The summed E-state index contributed by atoms with van der Waals surface area (Å²) in [5.41, 5.74) is 1.09. The van der Waals surface area contributed by atoms with Crippen molar-refractivity contribution in [3.05, 3.63) is 69.5 Å². The number of aliphatic hydroxyl groups excluding tert-OH is 3. The number of nitrogens with zero attached hydrogens (tertiary/aromatic N) is 2. The van der Waals surface area contributed by atoms with Gasteiger partial charge in [-0.2, -0.15) is 0 Å². The maximum atomic E-state index is 11.8. The van der Waals surface area contributed by atoms with Crippen molar-refractivity contribution in [3.63, 3.8) is 0 Å². The largest absolute Gasteiger partial charge is 0.394 e. The standard InChI is InChI=1S/C18H18N2O7/c21-8-13(10-3-5-11(6-4-10)20(25)26)15-12(2-1-7-19-15)18-17(24)16(23)14(9-22)27-18/h1-8,13-14,16-18,22-24H,9H2/t13?,14-,16-,17-,18+/m1/s1. The Morgan fingerprint density at radius 2 is 1.93 bits per heavy atom. The van der Waals surface area contributed by atoms with Gasteiger partial charge >= 0.3 is 0 Å². The van der Waals surface area contributed by atoms with Crippen LogP contribution in [-0.2, 0) is 9.53 Å². The Kier molecular flexibility index (Phi) is 5.57. The van der Waals surface area contributed by atoms with Crippen LogP contribution in [0.25, 0.3) is 0 Å². The molecule has 0 aliphatic carbocycles. The van der Waals surface area contributed by atoms with E-state index in [-0.39, 0.29) is 5.69 Å². The molecule has 0 saturated carbocycles. The van der Waals surface area contributed by atoms with E-state index in [0.717, 1.165) is 0 Å². The number of carbonyl (C=O) groups is 1. The summed E-state index contributed by atoms with van der Waals surface area (Å²) in [4.78, 5) is 26.3. The van der Waals surface area contributed by atoms with Crippen LogP contribution in [0.5, 0.6) is 0 Å². The first-order chi connectivity index (χ1) is 13.0. The molecule has 1 saturated heterocycles. The Labute approximate surface area is 154 Å². The molecule has 0 radical (unpaired) electrons. The van der Waals surface area contributed by atoms with E-state index in [0.29, 0.717) is 23.1 Å². The summed E-state index contributed by atoms with van der Waals surface area (Å²) >= 11 is 0. The Bertz CT molecular complexity index is 827. The van der Waals surface area contributed by atoms with E-state index in [1.165, 1.54) is 30.5 Å². The number of carbonyl (C=O) groups excluding carboxylic acids is 1. The van der Waals surface area contributed by atoms with Gasteiger partial charge in [-0.05, 0) is 11.6 Å². The fourth-order valence-electron chi connectivity index (χ4n) is 3.19. The number of hydrogen-bond acceptors (Lipinski definition) is 8. The molecule has 0 bridgehead atoms. The Balaban J connectivity index is 1.99. The fourth-order valence-corrected chi connectivity index (χ4v) is 3.19. The minimum absolute atomic E-state index is 0.104. The number of benzene rings is 1. The van der Waals surface area contributed by atoms with E-state index >= 15 is 0 Å². The molecule has 0 spiro atoms. The molecule has 142 valence electrons. The summed E-state index contributed by atoms with van der Waals surface area (Å²) in [5, 5.41) is 40.3. The average Bonchev–Trinajstić information content (AvgIpc) is 2.97. The van der Waals surface area contributed by atoms with Crippen LogP contribution in [0, 0.1) is 10.1 Å². The number of aldehydes is 1. The minimum Gasteiger partial charge on any atom is -0.394 e. The third kappa shape index (κ3) is 3.58. The molecule has 2 aromatic rings. The molecule has 27 heavy (non-hydrogen) atoms. The lowest BCUT2D eigenvalue weighted by Gasteiger charge is -2.21. The van der Waals surface area contributed by atoms with Gasteiger partial charge in [-0.3, -0.25) is 15.1 Å². The Hall–Kier alpha value is -2.72. The maximum absolute atomic E-state index is 11.8. The van der Waals surface area contributed by atoms with E-state index < -0.39 is 41.9 Å². The zero-order chi connectivity index (χ0) is 19.6. The topological polar surface area (TPSA) is 143 Å². The number of ether oxygens (including phenoxy) is 1. The summed E-state index contributed by atoms with van der Waals surface area (Å²) in [6.45, 7) is -0.468. The van der Waals surface area contributed by atoms with Crippen LogP contribution in [0.2, 0.25) is 0 Å². The molecule has 9 nitrogen and oxygen atoms in total. The van der Waals surface area contributed by atoms with Gasteiger partial charge in [-0.15, -0.1) is 0 Å². The second kappa shape index (κ2) is 7.89. The minimum atomic E-state index is -1.30. The molecule has 1 aliphatic heterocycles. The SMILES string of the molecule is O=CC(c1ccc([N+](=O)[O-])cc1)c1ncccc1[C@@H]1O[C@H](CO)[C@@H](O)[C@H]1O. The van der Waals surface area contributed by atoms with Crippen LogP contribution in [0.15, 0.2) is 42.6 Å². The van der Waals surface area contributed by atoms with E-state index in [1.807, 2.05) is 0 Å². The van der Waals surface area contributed by atoms with Gasteiger partial charge < -0.3 is 24.9 Å². The van der Waals surface area contributed by atoms with E-state index in [2.05, 4.69) is 4.98 Å². The molecule has 1 aromatic carbocycles. The van der Waals surface area contributed by atoms with E-state index in [9.17, 15) is 30.2 Å². The average molecular weight is 374 g/mol. The van der Waals surface area contributed by atoms with Crippen molar-refractivity contribution in [1.29, 1.82) is 0 Å². The number of aromatic nitrogens is 1. The van der Waals surface area contributed by atoms with Gasteiger partial charge in [-0.1, -0.05) is 18.2 Å². The number of nitro groups is 1. The van der Waals surface area contributed by atoms with Gasteiger partial charge in [0, 0.05) is 23.9 Å². The predicted octanol–water partition coefficient (Wildman–Crippen LogP) is 0.475. The third-order valence-electron chi connectivity index (χ3n) is 4.61. The van der Waals surface area contributed by atoms with Crippen LogP contribution in [0.3, 0.4) is 0 Å². The van der Waals surface area contributed by atoms with Crippen LogP contribution in [0.1, 0.15) is 28.8 Å². The van der Waals surface area contributed by atoms with Crippen LogP contribution >= 0.6 is 0 Å². The first-order valence-electron chi connectivity index (χ1n) is 8.24. The number of nitro benzene ring substituents is 1. The van der Waals surface area contributed by atoms with E-state index in [1.54, 1.807) is 12.1 Å². The summed E-state index contributed by atoms with van der Waals surface area (Å²) in [6, 6.07) is 8.73. The van der Waals surface area contributed by atoms with Crippen molar-refractivity contribution < 1.29 is 29.8 Å². The maximum Gasteiger partial charge on any atom is 0.269 e. The highest BCUT2D eigenvalue weighted by Gasteiger charge is 2.44. The highest BCUT2D eigenvalue weighted by Crippen LogP contribution is 2.37. The van der Waals surface area contributed by atoms with Gasteiger partial charge in [0.1, 0.15) is 30.7 Å². The lowest BCUT2D eigenvalue weighted by atomic mass is 9.90. The van der Waals surface area contributed by atoms with Gasteiger partial charge in [0.15, 0.2) is 0 Å². The second-order valence-electron chi connectivity index (χ2n) is 6.20. The zero-order valence-corrected chi connectivity index (χ0v) is 14.1. The second-order valence-corrected chi connectivity index (χ2v) is 6.20. The normalized spacial score (nSPS) is 25.9. The van der Waals surface area contributed by atoms with Crippen LogP contribution < -0.4 is 0 Å². The Morgan fingerprint density at radius 3 is 2.48 bits per heavy atom. The summed E-state index contributed by atoms with van der Waals surface area (Å²) in [6.07, 6.45) is -2.37. The molecule has 5 atom stereocenters. The highest BCUT2D eigenvalue weighted by atomic mass is 16.6. The van der Waals surface area contributed by atoms with Crippen molar-refractivity contribution in [1.82, 2.24) is 4.98 Å². The number of non-ortho nitro benzene ring substituents is 1. The number of pyridine rings is 1. The summed E-state index contributed by atoms with van der Waals surface area (Å²) < 4.78 is 5.55. The first kappa shape index (κ1) is 19.1. The van der Waals surface area contributed by atoms with Crippen molar-refractivity contribution in [2.24, 2.45) is 0 Å². The van der Waals surface area contributed by atoms with Crippen molar-refractivity contribution in [3.8, 4) is 0 Å². The Morgan fingerprint density at radius 1 is 1.22 bits per heavy atom. The lowest BCUT2D eigenvalue weighted by Crippen LogP contribution is -2.32. The molecule has 1 aromatic heterocycles. The molecule has 1 fully saturated rings. The predicted molar refractivity (Wildman–Crippen MR) is 92.0 cm³/mol. The lowest BCUT2D eigenvalue weighted by molar-refractivity contribution is -0.384. The van der Waals surface area contributed by atoms with Crippen LogP contribution in [0.4, 0.5) is 5.69 Å². The number of rotatable bonds is 6.